The first-order valence-electron chi connectivity index (χ1n) is 9.04. The van der Waals surface area contributed by atoms with Crippen molar-refractivity contribution in [1.82, 2.24) is 5.32 Å². The quantitative estimate of drug-likeness (QED) is 0.704. The van der Waals surface area contributed by atoms with Crippen LogP contribution in [0.15, 0.2) is 48.5 Å². The Morgan fingerprint density at radius 2 is 1.76 bits per heavy atom. The number of hydrogen-bond donors (Lipinski definition) is 2. The van der Waals surface area contributed by atoms with Gasteiger partial charge in [0.2, 0.25) is 0 Å². The molecule has 0 saturated heterocycles. The number of halogens is 2. The van der Waals surface area contributed by atoms with E-state index in [2.05, 4.69) is 15.4 Å². The molecule has 0 heterocycles. The van der Waals surface area contributed by atoms with Crippen molar-refractivity contribution in [2.75, 3.05) is 11.9 Å². The Labute approximate surface area is 168 Å². The highest BCUT2D eigenvalue weighted by Gasteiger charge is 2.16. The van der Waals surface area contributed by atoms with Gasteiger partial charge in [0, 0.05) is 17.8 Å². The number of hydrogen-bond acceptors (Lipinski definition) is 4. The van der Waals surface area contributed by atoms with Crippen LogP contribution in [-0.2, 0) is 11.2 Å². The summed E-state index contributed by atoms with van der Waals surface area (Å²) in [6.45, 7) is 2.78. The largest absolute Gasteiger partial charge is 0.444 e. The number of carbonyl (C=O) groups excluding carboxylic acids is 2. The molecule has 0 aliphatic carbocycles. The number of anilines is 1. The molecule has 2 N–H and O–H groups in total. The third-order valence-corrected chi connectivity index (χ3v) is 3.62. The number of ether oxygens (including phenoxy) is 2. The molecule has 0 aromatic heterocycles. The predicted molar refractivity (Wildman–Crippen MR) is 105 cm³/mol. The van der Waals surface area contributed by atoms with Crippen LogP contribution in [0.5, 0.6) is 5.75 Å². The zero-order valence-corrected chi connectivity index (χ0v) is 16.5. The average Bonchev–Trinajstić information content (AvgIpc) is 2.61. The van der Waals surface area contributed by atoms with Gasteiger partial charge in [-0.15, -0.1) is 0 Å². The van der Waals surface area contributed by atoms with Gasteiger partial charge in [0.25, 0.3) is 5.91 Å². The van der Waals surface area contributed by atoms with E-state index in [9.17, 15) is 18.4 Å². The van der Waals surface area contributed by atoms with E-state index in [0.717, 1.165) is 5.56 Å². The molecule has 2 aromatic rings. The van der Waals surface area contributed by atoms with Gasteiger partial charge >= 0.3 is 12.7 Å². The summed E-state index contributed by atoms with van der Waals surface area (Å²) >= 11 is 0. The zero-order valence-electron chi connectivity index (χ0n) is 16.5. The first kappa shape index (κ1) is 22.1. The summed E-state index contributed by atoms with van der Waals surface area (Å²) in [5.41, 5.74) is 1.08. The van der Waals surface area contributed by atoms with Crippen molar-refractivity contribution >= 4 is 17.7 Å². The highest BCUT2D eigenvalue weighted by molar-refractivity contribution is 5.96. The van der Waals surface area contributed by atoms with Crippen LogP contribution in [0.3, 0.4) is 0 Å². The van der Waals surface area contributed by atoms with Crippen LogP contribution in [0.4, 0.5) is 19.3 Å². The lowest BCUT2D eigenvalue weighted by Gasteiger charge is -2.19. The molecule has 0 saturated carbocycles. The van der Waals surface area contributed by atoms with E-state index in [0.29, 0.717) is 24.2 Å². The SMILES string of the molecule is CC(C)(C)OC(=O)Nc1cccc(C(=O)NCCc2ccc(OC(F)F)cc2)c1. The molecule has 2 rings (SSSR count). The fourth-order valence-corrected chi connectivity index (χ4v) is 2.42. The standard InChI is InChI=1S/C21H24F2N2O4/c1-21(2,3)29-20(27)25-16-6-4-5-15(13-16)18(26)24-12-11-14-7-9-17(10-8-14)28-19(22)23/h4-10,13,19H,11-12H2,1-3H3,(H,24,26)(H,25,27). The normalized spacial score (nSPS) is 11.1. The minimum Gasteiger partial charge on any atom is -0.444 e. The van der Waals surface area contributed by atoms with Gasteiger partial charge in [-0.05, 0) is 63.1 Å². The third kappa shape index (κ3) is 8.16. The van der Waals surface area contributed by atoms with Crippen molar-refractivity contribution in [3.8, 4) is 5.75 Å². The maximum Gasteiger partial charge on any atom is 0.412 e. The molecule has 6 nitrogen and oxygen atoms in total. The fourth-order valence-electron chi connectivity index (χ4n) is 2.42. The maximum atomic E-state index is 12.3. The van der Waals surface area contributed by atoms with Crippen molar-refractivity contribution in [2.45, 2.75) is 39.4 Å². The van der Waals surface area contributed by atoms with E-state index in [1.54, 1.807) is 57.2 Å². The van der Waals surface area contributed by atoms with Crippen molar-refractivity contribution in [1.29, 1.82) is 0 Å². The third-order valence-electron chi connectivity index (χ3n) is 3.62. The van der Waals surface area contributed by atoms with Gasteiger partial charge < -0.3 is 14.8 Å². The Bertz CT molecular complexity index is 833. The number of rotatable bonds is 7. The van der Waals surface area contributed by atoms with E-state index in [1.807, 2.05) is 0 Å². The second kappa shape index (κ2) is 9.86. The summed E-state index contributed by atoms with van der Waals surface area (Å²) < 4.78 is 33.8. The van der Waals surface area contributed by atoms with Crippen molar-refractivity contribution in [3.05, 3.63) is 59.7 Å². The highest BCUT2D eigenvalue weighted by atomic mass is 19.3. The van der Waals surface area contributed by atoms with Gasteiger partial charge in [-0.25, -0.2) is 4.79 Å². The molecule has 156 valence electrons. The van der Waals surface area contributed by atoms with E-state index < -0.39 is 18.3 Å². The molecular weight excluding hydrogens is 382 g/mol. The Kier molecular flexibility index (Phi) is 7.52. The minimum absolute atomic E-state index is 0.0853. The summed E-state index contributed by atoms with van der Waals surface area (Å²) in [6.07, 6.45) is -0.0781. The van der Waals surface area contributed by atoms with Crippen LogP contribution in [0.2, 0.25) is 0 Å². The fraction of sp³-hybridized carbons (Fsp3) is 0.333. The van der Waals surface area contributed by atoms with Crippen LogP contribution in [0.1, 0.15) is 36.7 Å². The number of amides is 2. The minimum atomic E-state index is -2.86. The number of alkyl halides is 2. The lowest BCUT2D eigenvalue weighted by atomic mass is 10.1. The van der Waals surface area contributed by atoms with Gasteiger partial charge in [0.15, 0.2) is 0 Å². The smallest absolute Gasteiger partial charge is 0.412 e. The summed E-state index contributed by atoms with van der Waals surface area (Å²) in [5, 5.41) is 5.37. The Morgan fingerprint density at radius 1 is 1.07 bits per heavy atom. The topological polar surface area (TPSA) is 76.7 Å². The summed E-state index contributed by atoms with van der Waals surface area (Å²) in [5.74, 6) is -0.211. The molecule has 0 fully saturated rings. The summed E-state index contributed by atoms with van der Waals surface area (Å²) in [6, 6.07) is 12.7. The molecule has 0 aliphatic rings. The molecule has 0 bridgehead atoms. The Hall–Kier alpha value is -3.16. The maximum absolute atomic E-state index is 12.3. The lowest BCUT2D eigenvalue weighted by Crippen LogP contribution is -2.28. The van der Waals surface area contributed by atoms with Gasteiger partial charge in [-0.2, -0.15) is 8.78 Å². The first-order chi connectivity index (χ1) is 13.6. The highest BCUT2D eigenvalue weighted by Crippen LogP contribution is 2.16. The van der Waals surface area contributed by atoms with E-state index in [-0.39, 0.29) is 11.7 Å². The van der Waals surface area contributed by atoms with E-state index in [4.69, 9.17) is 4.74 Å². The molecule has 8 heteroatoms. The van der Waals surface area contributed by atoms with Crippen molar-refractivity contribution in [3.63, 3.8) is 0 Å². The van der Waals surface area contributed by atoms with Crippen LogP contribution in [0, 0.1) is 0 Å². The van der Waals surface area contributed by atoms with Crippen LogP contribution < -0.4 is 15.4 Å². The zero-order chi connectivity index (χ0) is 21.4. The van der Waals surface area contributed by atoms with E-state index in [1.165, 1.54) is 12.1 Å². The van der Waals surface area contributed by atoms with Crippen LogP contribution >= 0.6 is 0 Å². The molecular formula is C21H24F2N2O4. The predicted octanol–water partition coefficient (Wildman–Crippen LogP) is 4.61. The van der Waals surface area contributed by atoms with Gasteiger partial charge in [-0.3, -0.25) is 10.1 Å². The van der Waals surface area contributed by atoms with Crippen molar-refractivity contribution < 1.29 is 27.8 Å². The first-order valence-corrected chi connectivity index (χ1v) is 9.04. The number of benzene rings is 2. The van der Waals surface area contributed by atoms with Gasteiger partial charge in [0.05, 0.1) is 0 Å². The summed E-state index contributed by atoms with van der Waals surface area (Å²) in [4.78, 5) is 24.2. The molecule has 0 unspecified atom stereocenters. The Balaban J connectivity index is 1.85. The van der Waals surface area contributed by atoms with Crippen LogP contribution in [0.25, 0.3) is 0 Å². The monoisotopic (exact) mass is 406 g/mol. The average molecular weight is 406 g/mol. The molecule has 2 amide bonds. The molecule has 0 radical (unpaired) electrons. The second-order valence-electron chi connectivity index (χ2n) is 7.24. The molecule has 0 aliphatic heterocycles. The van der Waals surface area contributed by atoms with E-state index >= 15 is 0 Å². The van der Waals surface area contributed by atoms with Crippen molar-refractivity contribution in [2.24, 2.45) is 0 Å². The number of carbonyl (C=O) groups is 2. The van der Waals surface area contributed by atoms with Gasteiger partial charge in [0.1, 0.15) is 11.4 Å². The van der Waals surface area contributed by atoms with Gasteiger partial charge in [-0.1, -0.05) is 18.2 Å². The summed E-state index contributed by atoms with van der Waals surface area (Å²) in [7, 11) is 0. The Morgan fingerprint density at radius 3 is 2.38 bits per heavy atom. The molecule has 29 heavy (non-hydrogen) atoms. The second-order valence-corrected chi connectivity index (χ2v) is 7.24. The number of nitrogens with one attached hydrogen (secondary N) is 2. The van der Waals surface area contributed by atoms with Crippen LogP contribution in [-0.4, -0.2) is 30.8 Å². The lowest BCUT2D eigenvalue weighted by molar-refractivity contribution is -0.0498. The molecule has 2 aromatic carbocycles. The molecule has 0 atom stereocenters. The molecule has 0 spiro atoms.